The van der Waals surface area contributed by atoms with Crippen molar-refractivity contribution in [2.24, 2.45) is 5.92 Å². The maximum Gasteiger partial charge on any atom is 0.134 e. The first-order valence-electron chi connectivity index (χ1n) is 5.43. The van der Waals surface area contributed by atoms with Crippen LogP contribution in [0.2, 0.25) is 0 Å². The van der Waals surface area contributed by atoms with Crippen LogP contribution in [0.3, 0.4) is 0 Å². The fourth-order valence-corrected chi connectivity index (χ4v) is 1.81. The third kappa shape index (κ3) is 2.16. The second-order valence-corrected chi connectivity index (χ2v) is 4.47. The summed E-state index contributed by atoms with van der Waals surface area (Å²) >= 11 is 0. The molecule has 0 bridgehead atoms. The molecule has 0 saturated carbocycles. The minimum Gasteiger partial charge on any atom is -0.491 e. The van der Waals surface area contributed by atoms with Crippen LogP contribution >= 0.6 is 0 Å². The molecule has 1 atom stereocenters. The van der Waals surface area contributed by atoms with Gasteiger partial charge in [-0.15, -0.1) is 0 Å². The molecule has 2 rings (SSSR count). The van der Waals surface area contributed by atoms with Crippen LogP contribution in [0.15, 0.2) is 12.1 Å². The molecule has 1 aliphatic rings. The van der Waals surface area contributed by atoms with Crippen LogP contribution in [0.4, 0.5) is 8.78 Å². The summed E-state index contributed by atoms with van der Waals surface area (Å²) in [6, 6.07) is 1.96. The van der Waals surface area contributed by atoms with Crippen LogP contribution in [0, 0.1) is 17.6 Å². The van der Waals surface area contributed by atoms with Crippen LogP contribution in [-0.2, 0) is 0 Å². The predicted molar refractivity (Wildman–Crippen MR) is 57.4 cm³/mol. The van der Waals surface area contributed by atoms with Gasteiger partial charge in [-0.2, -0.15) is 0 Å². The van der Waals surface area contributed by atoms with Gasteiger partial charge in [-0.1, -0.05) is 13.8 Å². The molecule has 1 aromatic rings. The van der Waals surface area contributed by atoms with Crippen molar-refractivity contribution in [2.75, 3.05) is 13.2 Å². The zero-order chi connectivity index (χ0) is 11.7. The molecule has 1 aromatic carbocycles. The molecule has 0 amide bonds. The van der Waals surface area contributed by atoms with Gasteiger partial charge >= 0.3 is 0 Å². The minimum absolute atomic E-state index is 0.169. The van der Waals surface area contributed by atoms with E-state index in [9.17, 15) is 8.78 Å². The number of ether oxygens (including phenoxy) is 1. The molecule has 0 aliphatic carbocycles. The lowest BCUT2D eigenvalue weighted by Gasteiger charge is -2.13. The van der Waals surface area contributed by atoms with Crippen molar-refractivity contribution >= 4 is 0 Å². The van der Waals surface area contributed by atoms with E-state index in [2.05, 4.69) is 19.2 Å². The highest BCUT2D eigenvalue weighted by Gasteiger charge is 2.28. The molecule has 2 nitrogen and oxygen atoms in total. The van der Waals surface area contributed by atoms with Crippen LogP contribution in [0.5, 0.6) is 5.75 Å². The fourth-order valence-electron chi connectivity index (χ4n) is 1.81. The van der Waals surface area contributed by atoms with Crippen LogP contribution in [0.25, 0.3) is 0 Å². The van der Waals surface area contributed by atoms with Gasteiger partial charge in [0.25, 0.3) is 0 Å². The third-order valence-electron chi connectivity index (χ3n) is 2.58. The van der Waals surface area contributed by atoms with Gasteiger partial charge in [-0.25, -0.2) is 8.78 Å². The first-order chi connectivity index (χ1) is 7.58. The highest BCUT2D eigenvalue weighted by molar-refractivity contribution is 5.41. The first-order valence-corrected chi connectivity index (χ1v) is 5.43. The van der Waals surface area contributed by atoms with E-state index < -0.39 is 11.6 Å². The largest absolute Gasteiger partial charge is 0.491 e. The Kier molecular flexibility index (Phi) is 3.10. The smallest absolute Gasteiger partial charge is 0.134 e. The highest BCUT2D eigenvalue weighted by atomic mass is 19.1. The molecule has 0 fully saturated rings. The number of fused-ring (bicyclic) bond motifs is 1. The van der Waals surface area contributed by atoms with Crippen molar-refractivity contribution < 1.29 is 13.5 Å². The van der Waals surface area contributed by atoms with Gasteiger partial charge in [0.1, 0.15) is 24.0 Å². The lowest BCUT2D eigenvalue weighted by Crippen LogP contribution is -2.26. The lowest BCUT2D eigenvalue weighted by atomic mass is 10.1. The van der Waals surface area contributed by atoms with E-state index in [1.165, 1.54) is 6.07 Å². The van der Waals surface area contributed by atoms with Crippen molar-refractivity contribution in [3.05, 3.63) is 29.3 Å². The van der Waals surface area contributed by atoms with E-state index in [4.69, 9.17) is 4.74 Å². The van der Waals surface area contributed by atoms with Gasteiger partial charge in [-0.05, 0) is 12.5 Å². The zero-order valence-electron chi connectivity index (χ0n) is 9.39. The van der Waals surface area contributed by atoms with Gasteiger partial charge in [0.05, 0.1) is 11.6 Å². The number of benzene rings is 1. The summed E-state index contributed by atoms with van der Waals surface area (Å²) in [7, 11) is 0. The average Bonchev–Trinajstić information content (AvgIpc) is 2.57. The maximum atomic E-state index is 13.6. The summed E-state index contributed by atoms with van der Waals surface area (Å²) in [5.41, 5.74) is 0.446. The second-order valence-electron chi connectivity index (χ2n) is 4.47. The summed E-state index contributed by atoms with van der Waals surface area (Å²) in [5, 5.41) is 3.21. The molecule has 0 saturated heterocycles. The number of hydrogen-bond donors (Lipinski definition) is 1. The molecule has 1 aliphatic heterocycles. The quantitative estimate of drug-likeness (QED) is 0.857. The molecule has 1 unspecified atom stereocenters. The van der Waals surface area contributed by atoms with Crippen molar-refractivity contribution in [2.45, 2.75) is 19.9 Å². The monoisotopic (exact) mass is 227 g/mol. The number of halogens is 2. The van der Waals surface area contributed by atoms with E-state index >= 15 is 0 Å². The van der Waals surface area contributed by atoms with Crippen LogP contribution in [-0.4, -0.2) is 13.2 Å². The number of nitrogens with one attached hydrogen (secondary N) is 1. The summed E-state index contributed by atoms with van der Waals surface area (Å²) in [4.78, 5) is 0. The van der Waals surface area contributed by atoms with Gasteiger partial charge < -0.3 is 10.1 Å². The molecule has 0 radical (unpaired) electrons. The molecular weight excluding hydrogens is 212 g/mol. The van der Waals surface area contributed by atoms with E-state index in [1.807, 2.05) is 0 Å². The normalized spacial score (nSPS) is 18.7. The molecular formula is C12H15F2NO. The van der Waals surface area contributed by atoms with Gasteiger partial charge in [-0.3, -0.25) is 0 Å². The predicted octanol–water partition coefficient (Wildman–Crippen LogP) is 2.64. The SMILES string of the molecule is CC(C)CNC1COc2cc(F)cc(F)c21. The third-order valence-corrected chi connectivity index (χ3v) is 2.58. The average molecular weight is 227 g/mol. The number of hydrogen-bond acceptors (Lipinski definition) is 2. The summed E-state index contributed by atoms with van der Waals surface area (Å²) in [6.07, 6.45) is 0. The summed E-state index contributed by atoms with van der Waals surface area (Å²) < 4.78 is 31.8. The van der Waals surface area contributed by atoms with E-state index in [0.717, 1.165) is 12.6 Å². The maximum absolute atomic E-state index is 13.6. The first kappa shape index (κ1) is 11.3. The molecule has 1 N–H and O–H groups in total. The van der Waals surface area contributed by atoms with Gasteiger partial charge in [0.15, 0.2) is 0 Å². The van der Waals surface area contributed by atoms with E-state index in [-0.39, 0.29) is 6.04 Å². The molecule has 0 spiro atoms. The minimum atomic E-state index is -0.597. The Morgan fingerprint density at radius 2 is 2.19 bits per heavy atom. The van der Waals surface area contributed by atoms with Crippen molar-refractivity contribution in [1.29, 1.82) is 0 Å². The van der Waals surface area contributed by atoms with E-state index in [1.54, 1.807) is 0 Å². The number of rotatable bonds is 3. The van der Waals surface area contributed by atoms with Crippen molar-refractivity contribution in [3.8, 4) is 5.75 Å². The molecule has 88 valence electrons. The Balaban J connectivity index is 2.19. The topological polar surface area (TPSA) is 21.3 Å². The zero-order valence-corrected chi connectivity index (χ0v) is 9.39. The lowest BCUT2D eigenvalue weighted by molar-refractivity contribution is 0.305. The second kappa shape index (κ2) is 4.37. The van der Waals surface area contributed by atoms with E-state index in [0.29, 0.717) is 23.8 Å². The molecule has 4 heteroatoms. The van der Waals surface area contributed by atoms with Gasteiger partial charge in [0.2, 0.25) is 0 Å². The standard InChI is InChI=1S/C12H15F2NO/c1-7(2)5-15-10-6-16-11-4-8(13)3-9(14)12(10)11/h3-4,7,10,15H,5-6H2,1-2H3. The van der Waals surface area contributed by atoms with Crippen LogP contribution in [0.1, 0.15) is 25.5 Å². The van der Waals surface area contributed by atoms with Crippen LogP contribution < -0.4 is 10.1 Å². The van der Waals surface area contributed by atoms with Gasteiger partial charge in [0, 0.05) is 12.1 Å². The summed E-state index contributed by atoms with van der Waals surface area (Å²) in [6.45, 7) is 5.29. The Hall–Kier alpha value is -1.16. The highest BCUT2D eigenvalue weighted by Crippen LogP contribution is 2.35. The Labute approximate surface area is 93.6 Å². The van der Waals surface area contributed by atoms with Crippen molar-refractivity contribution in [3.63, 3.8) is 0 Å². The fraction of sp³-hybridized carbons (Fsp3) is 0.500. The Morgan fingerprint density at radius 3 is 2.88 bits per heavy atom. The summed E-state index contributed by atoms with van der Waals surface area (Å²) in [5.74, 6) is -0.333. The molecule has 0 aromatic heterocycles. The molecule has 16 heavy (non-hydrogen) atoms. The Morgan fingerprint density at radius 1 is 1.44 bits per heavy atom. The Bertz CT molecular complexity index is 393. The molecule has 1 heterocycles. The van der Waals surface area contributed by atoms with Crippen molar-refractivity contribution in [1.82, 2.24) is 5.32 Å².